The zero-order valence-corrected chi connectivity index (χ0v) is 12.6. The van der Waals surface area contributed by atoms with Gasteiger partial charge in [0.15, 0.2) is 0 Å². The molecule has 0 spiro atoms. The number of imide groups is 1. The van der Waals surface area contributed by atoms with Crippen LogP contribution in [0.15, 0.2) is 4.47 Å². The van der Waals surface area contributed by atoms with E-state index in [0.29, 0.717) is 6.54 Å². The molecule has 5 nitrogen and oxygen atoms in total. The standard InChI is InChI=1S/C13H16BrN3O2/c1-7-11(14)10(16(2)15-7)6-17-12(18)8-4-3-5-9(8)13(17)19/h8-9H,3-6H2,1-2H3. The second-order valence-corrected chi connectivity index (χ2v) is 6.17. The molecule has 102 valence electrons. The van der Waals surface area contributed by atoms with Crippen LogP contribution in [0.25, 0.3) is 0 Å². The summed E-state index contributed by atoms with van der Waals surface area (Å²) in [6, 6.07) is 0. The van der Waals surface area contributed by atoms with Crippen LogP contribution in [0.4, 0.5) is 0 Å². The van der Waals surface area contributed by atoms with Crippen LogP contribution >= 0.6 is 15.9 Å². The lowest BCUT2D eigenvalue weighted by Gasteiger charge is -2.16. The Morgan fingerprint density at radius 2 is 1.84 bits per heavy atom. The maximum atomic E-state index is 12.3. The van der Waals surface area contributed by atoms with E-state index in [0.717, 1.165) is 35.1 Å². The van der Waals surface area contributed by atoms with Crippen LogP contribution in [0.3, 0.4) is 0 Å². The number of likely N-dealkylation sites (tertiary alicyclic amines) is 1. The number of aromatic nitrogens is 2. The molecule has 2 aliphatic rings. The van der Waals surface area contributed by atoms with Crippen molar-refractivity contribution in [3.05, 3.63) is 15.9 Å². The third kappa shape index (κ3) is 1.84. The van der Waals surface area contributed by atoms with Gasteiger partial charge in [-0.2, -0.15) is 5.10 Å². The molecule has 2 amide bonds. The third-order valence-electron chi connectivity index (χ3n) is 4.25. The second kappa shape index (κ2) is 4.44. The zero-order chi connectivity index (χ0) is 13.7. The summed E-state index contributed by atoms with van der Waals surface area (Å²) in [5, 5.41) is 4.30. The van der Waals surface area contributed by atoms with E-state index in [1.165, 1.54) is 4.90 Å². The zero-order valence-electron chi connectivity index (χ0n) is 11.0. The lowest BCUT2D eigenvalue weighted by Crippen LogP contribution is -2.32. The van der Waals surface area contributed by atoms with Crippen LogP contribution in [0, 0.1) is 18.8 Å². The van der Waals surface area contributed by atoms with E-state index in [-0.39, 0.29) is 23.7 Å². The highest BCUT2D eigenvalue weighted by atomic mass is 79.9. The summed E-state index contributed by atoms with van der Waals surface area (Å²) in [4.78, 5) is 26.0. The number of hydrogen-bond donors (Lipinski definition) is 0. The van der Waals surface area contributed by atoms with Crippen LogP contribution in [0.5, 0.6) is 0 Å². The van der Waals surface area contributed by atoms with Gasteiger partial charge in [0, 0.05) is 7.05 Å². The smallest absolute Gasteiger partial charge is 0.233 e. The lowest BCUT2D eigenvalue weighted by atomic mass is 10.00. The molecular formula is C13H16BrN3O2. The van der Waals surface area contributed by atoms with Crippen molar-refractivity contribution in [1.82, 2.24) is 14.7 Å². The molecule has 2 heterocycles. The monoisotopic (exact) mass is 325 g/mol. The number of carbonyl (C=O) groups excluding carboxylic acids is 2. The predicted molar refractivity (Wildman–Crippen MR) is 72.0 cm³/mol. The minimum atomic E-state index is -0.0689. The number of hydrogen-bond acceptors (Lipinski definition) is 3. The van der Waals surface area contributed by atoms with Crippen LogP contribution in [0.1, 0.15) is 30.7 Å². The number of nitrogens with zero attached hydrogens (tertiary/aromatic N) is 3. The summed E-state index contributed by atoms with van der Waals surface area (Å²) < 4.78 is 2.61. The molecule has 0 aromatic carbocycles. The molecule has 1 aliphatic heterocycles. The van der Waals surface area contributed by atoms with E-state index in [1.807, 2.05) is 14.0 Å². The summed E-state index contributed by atoms with van der Waals surface area (Å²) in [6.07, 6.45) is 2.71. The first-order valence-electron chi connectivity index (χ1n) is 6.54. The van der Waals surface area contributed by atoms with Gasteiger partial charge in [0.25, 0.3) is 0 Å². The normalized spacial score (nSPS) is 26.4. The van der Waals surface area contributed by atoms with Gasteiger partial charge in [-0.15, -0.1) is 0 Å². The molecule has 0 N–H and O–H groups in total. The largest absolute Gasteiger partial charge is 0.276 e. The van der Waals surface area contributed by atoms with Gasteiger partial charge >= 0.3 is 0 Å². The third-order valence-corrected chi connectivity index (χ3v) is 5.28. The van der Waals surface area contributed by atoms with E-state index in [1.54, 1.807) is 4.68 Å². The highest BCUT2D eigenvalue weighted by Gasteiger charge is 2.49. The van der Waals surface area contributed by atoms with E-state index < -0.39 is 0 Å². The molecular weight excluding hydrogens is 310 g/mol. The number of rotatable bonds is 2. The summed E-state index contributed by atoms with van der Waals surface area (Å²) in [5.74, 6) is -0.141. The Hall–Kier alpha value is -1.17. The molecule has 1 aromatic rings. The van der Waals surface area contributed by atoms with Crippen molar-refractivity contribution in [3.8, 4) is 0 Å². The van der Waals surface area contributed by atoms with Gasteiger partial charge in [-0.1, -0.05) is 6.42 Å². The van der Waals surface area contributed by atoms with Crippen LogP contribution in [0.2, 0.25) is 0 Å². The minimum Gasteiger partial charge on any atom is -0.276 e. The number of halogens is 1. The minimum absolute atomic E-state index is 0.00162. The van der Waals surface area contributed by atoms with Gasteiger partial charge in [0.1, 0.15) is 0 Å². The second-order valence-electron chi connectivity index (χ2n) is 5.38. The fourth-order valence-corrected chi connectivity index (χ4v) is 3.68. The van der Waals surface area contributed by atoms with Gasteiger partial charge in [-0.05, 0) is 35.7 Å². The molecule has 19 heavy (non-hydrogen) atoms. The quantitative estimate of drug-likeness (QED) is 0.779. The first-order chi connectivity index (χ1) is 9.00. The Balaban J connectivity index is 1.88. The Morgan fingerprint density at radius 1 is 1.26 bits per heavy atom. The molecule has 1 saturated heterocycles. The molecule has 3 rings (SSSR count). The topological polar surface area (TPSA) is 55.2 Å². The molecule has 1 aromatic heterocycles. The molecule has 0 bridgehead atoms. The number of amides is 2. The van der Waals surface area contributed by atoms with Crippen molar-refractivity contribution in [1.29, 1.82) is 0 Å². The van der Waals surface area contributed by atoms with Gasteiger partial charge in [0.05, 0.1) is 34.2 Å². The fourth-order valence-electron chi connectivity index (χ4n) is 3.22. The summed E-state index contributed by atoms with van der Waals surface area (Å²) in [7, 11) is 1.83. The maximum Gasteiger partial charge on any atom is 0.233 e. The summed E-state index contributed by atoms with van der Waals surface area (Å²) in [6.45, 7) is 2.22. The van der Waals surface area contributed by atoms with Crippen molar-refractivity contribution in [2.45, 2.75) is 32.7 Å². The average molecular weight is 326 g/mol. The van der Waals surface area contributed by atoms with Crippen LogP contribution in [-0.4, -0.2) is 26.5 Å². The predicted octanol–water partition coefficient (Wildman–Crippen LogP) is 1.78. The Bertz CT molecular complexity index is 544. The molecule has 6 heteroatoms. The van der Waals surface area contributed by atoms with Gasteiger partial charge in [-0.25, -0.2) is 0 Å². The number of aryl methyl sites for hydroxylation is 2. The highest BCUT2D eigenvalue weighted by molar-refractivity contribution is 9.10. The molecule has 2 atom stereocenters. The highest BCUT2D eigenvalue weighted by Crippen LogP contribution is 2.40. The molecule has 2 unspecified atom stereocenters. The Kier molecular flexibility index (Phi) is 3.00. The summed E-state index contributed by atoms with van der Waals surface area (Å²) in [5.41, 5.74) is 1.75. The van der Waals surface area contributed by atoms with E-state index in [9.17, 15) is 9.59 Å². The van der Waals surface area contributed by atoms with Gasteiger partial charge in [0.2, 0.25) is 11.8 Å². The van der Waals surface area contributed by atoms with Gasteiger partial charge in [-0.3, -0.25) is 19.2 Å². The average Bonchev–Trinajstić information content (AvgIpc) is 2.99. The van der Waals surface area contributed by atoms with Crippen molar-refractivity contribution < 1.29 is 9.59 Å². The molecule has 0 radical (unpaired) electrons. The van der Waals surface area contributed by atoms with Crippen molar-refractivity contribution in [3.63, 3.8) is 0 Å². The van der Waals surface area contributed by atoms with Crippen molar-refractivity contribution >= 4 is 27.7 Å². The van der Waals surface area contributed by atoms with Crippen molar-refractivity contribution in [2.24, 2.45) is 18.9 Å². The fraction of sp³-hybridized carbons (Fsp3) is 0.615. The molecule has 1 aliphatic carbocycles. The molecule has 2 fully saturated rings. The maximum absolute atomic E-state index is 12.3. The number of carbonyl (C=O) groups is 2. The van der Waals surface area contributed by atoms with Crippen LogP contribution < -0.4 is 0 Å². The summed E-state index contributed by atoms with van der Waals surface area (Å²) >= 11 is 3.48. The molecule has 1 saturated carbocycles. The first kappa shape index (κ1) is 12.8. The van der Waals surface area contributed by atoms with E-state index in [4.69, 9.17) is 0 Å². The van der Waals surface area contributed by atoms with Crippen molar-refractivity contribution in [2.75, 3.05) is 0 Å². The number of fused-ring (bicyclic) bond motifs is 1. The SMILES string of the molecule is Cc1nn(C)c(CN2C(=O)C3CCCC3C2=O)c1Br. The lowest BCUT2D eigenvalue weighted by molar-refractivity contribution is -0.141. The Morgan fingerprint density at radius 3 is 2.32 bits per heavy atom. The van der Waals surface area contributed by atoms with E-state index in [2.05, 4.69) is 21.0 Å². The van der Waals surface area contributed by atoms with Crippen LogP contribution in [-0.2, 0) is 23.2 Å². The van der Waals surface area contributed by atoms with E-state index >= 15 is 0 Å². The Labute approximate surface area is 120 Å². The first-order valence-corrected chi connectivity index (χ1v) is 7.33. The van der Waals surface area contributed by atoms with Gasteiger partial charge < -0.3 is 0 Å².